The molecule has 0 saturated heterocycles. The minimum atomic E-state index is 0.214. The van der Waals surface area contributed by atoms with Gasteiger partial charge in [0.15, 0.2) is 0 Å². The predicted molar refractivity (Wildman–Crippen MR) is 75.9 cm³/mol. The van der Waals surface area contributed by atoms with Crippen LogP contribution in [0, 0.1) is 5.92 Å². The van der Waals surface area contributed by atoms with Crippen molar-refractivity contribution >= 4 is 5.91 Å². The van der Waals surface area contributed by atoms with Gasteiger partial charge < -0.3 is 10.2 Å². The van der Waals surface area contributed by atoms with E-state index in [1.807, 2.05) is 6.07 Å². The lowest BCUT2D eigenvalue weighted by Gasteiger charge is -2.24. The van der Waals surface area contributed by atoms with Gasteiger partial charge in [0.25, 0.3) is 5.91 Å². The zero-order valence-electron chi connectivity index (χ0n) is 11.8. The van der Waals surface area contributed by atoms with Crippen LogP contribution in [0.15, 0.2) is 18.2 Å². The average Bonchev–Trinajstić information content (AvgIpc) is 3.12. The Hall–Kier alpha value is -1.35. The average molecular weight is 258 g/mol. The number of benzene rings is 1. The first-order valence-corrected chi connectivity index (χ1v) is 7.28. The predicted octanol–water partition coefficient (Wildman–Crippen LogP) is 2.55. The number of rotatable bonds is 4. The van der Waals surface area contributed by atoms with Crippen LogP contribution in [0.3, 0.4) is 0 Å². The molecule has 19 heavy (non-hydrogen) atoms. The van der Waals surface area contributed by atoms with Crippen molar-refractivity contribution in [2.45, 2.75) is 45.8 Å². The van der Waals surface area contributed by atoms with Crippen molar-refractivity contribution in [1.29, 1.82) is 0 Å². The summed E-state index contributed by atoms with van der Waals surface area (Å²) in [6.07, 6.45) is 2.34. The number of carbonyl (C=O) groups is 1. The van der Waals surface area contributed by atoms with Gasteiger partial charge in [0.05, 0.1) is 0 Å². The van der Waals surface area contributed by atoms with Crippen LogP contribution in [-0.4, -0.2) is 23.4 Å². The Kier molecular flexibility index (Phi) is 3.31. The van der Waals surface area contributed by atoms with E-state index < -0.39 is 0 Å². The standard InChI is InChI=1S/C16H22N2O/c1-11(2)10-18(15-5-6-15)16(19)12-3-4-13-8-17-9-14(13)7-12/h3-4,7,11,15,17H,5-6,8-10H2,1-2H3. The summed E-state index contributed by atoms with van der Waals surface area (Å²) in [4.78, 5) is 14.7. The first-order chi connectivity index (χ1) is 9.15. The first-order valence-electron chi connectivity index (χ1n) is 7.28. The third kappa shape index (κ3) is 2.66. The molecule has 1 saturated carbocycles. The van der Waals surface area contributed by atoms with E-state index in [2.05, 4.69) is 36.2 Å². The van der Waals surface area contributed by atoms with E-state index in [0.29, 0.717) is 12.0 Å². The minimum Gasteiger partial charge on any atom is -0.335 e. The molecular weight excluding hydrogens is 236 g/mol. The van der Waals surface area contributed by atoms with Crippen molar-refractivity contribution in [2.75, 3.05) is 6.54 Å². The van der Waals surface area contributed by atoms with Gasteiger partial charge in [-0.25, -0.2) is 0 Å². The highest BCUT2D eigenvalue weighted by molar-refractivity contribution is 5.95. The van der Waals surface area contributed by atoms with Crippen LogP contribution >= 0.6 is 0 Å². The highest BCUT2D eigenvalue weighted by Crippen LogP contribution is 2.29. The van der Waals surface area contributed by atoms with Crippen molar-refractivity contribution in [2.24, 2.45) is 5.92 Å². The van der Waals surface area contributed by atoms with E-state index in [4.69, 9.17) is 0 Å². The van der Waals surface area contributed by atoms with Crippen LogP contribution in [0.4, 0.5) is 0 Å². The zero-order chi connectivity index (χ0) is 13.4. The lowest BCUT2D eigenvalue weighted by Crippen LogP contribution is -2.36. The van der Waals surface area contributed by atoms with Crippen molar-refractivity contribution in [3.05, 3.63) is 34.9 Å². The maximum atomic E-state index is 12.7. The number of nitrogens with zero attached hydrogens (tertiary/aromatic N) is 1. The fourth-order valence-electron chi connectivity index (χ4n) is 2.77. The fourth-order valence-corrected chi connectivity index (χ4v) is 2.77. The Morgan fingerprint density at radius 1 is 1.32 bits per heavy atom. The van der Waals surface area contributed by atoms with Gasteiger partial charge in [-0.3, -0.25) is 4.79 Å². The van der Waals surface area contributed by atoms with Crippen LogP contribution in [0.5, 0.6) is 0 Å². The van der Waals surface area contributed by atoms with Gasteiger partial charge in [0.2, 0.25) is 0 Å². The smallest absolute Gasteiger partial charge is 0.254 e. The molecule has 1 aromatic rings. The normalized spacial score (nSPS) is 17.6. The summed E-state index contributed by atoms with van der Waals surface area (Å²) in [5, 5.41) is 3.33. The van der Waals surface area contributed by atoms with Crippen LogP contribution in [0.1, 0.15) is 48.2 Å². The molecule has 1 N–H and O–H groups in total. The summed E-state index contributed by atoms with van der Waals surface area (Å²) < 4.78 is 0. The topological polar surface area (TPSA) is 32.3 Å². The maximum Gasteiger partial charge on any atom is 0.254 e. The molecule has 0 unspecified atom stereocenters. The quantitative estimate of drug-likeness (QED) is 0.900. The molecule has 1 fully saturated rings. The second-order valence-electron chi connectivity index (χ2n) is 6.17. The van der Waals surface area contributed by atoms with Gasteiger partial charge in [0.1, 0.15) is 0 Å². The SMILES string of the molecule is CC(C)CN(C(=O)c1ccc2c(c1)CNC2)C1CC1. The largest absolute Gasteiger partial charge is 0.335 e. The lowest BCUT2D eigenvalue weighted by molar-refractivity contribution is 0.0722. The van der Waals surface area contributed by atoms with E-state index in [9.17, 15) is 4.79 Å². The second kappa shape index (κ2) is 4.97. The Bertz CT molecular complexity index is 492. The molecule has 3 nitrogen and oxygen atoms in total. The van der Waals surface area contributed by atoms with Crippen LogP contribution < -0.4 is 5.32 Å². The zero-order valence-corrected chi connectivity index (χ0v) is 11.8. The molecule has 0 atom stereocenters. The van der Waals surface area contributed by atoms with Gasteiger partial charge in [-0.05, 0) is 42.0 Å². The number of carbonyl (C=O) groups excluding carboxylic acids is 1. The van der Waals surface area contributed by atoms with Crippen molar-refractivity contribution in [3.63, 3.8) is 0 Å². The van der Waals surface area contributed by atoms with E-state index in [0.717, 1.165) is 25.2 Å². The third-order valence-electron chi connectivity index (χ3n) is 3.89. The number of hydrogen-bond donors (Lipinski definition) is 1. The van der Waals surface area contributed by atoms with E-state index in [-0.39, 0.29) is 5.91 Å². The number of hydrogen-bond acceptors (Lipinski definition) is 2. The van der Waals surface area contributed by atoms with E-state index in [1.165, 1.54) is 24.0 Å². The molecular formula is C16H22N2O. The third-order valence-corrected chi connectivity index (χ3v) is 3.89. The molecule has 0 bridgehead atoms. The highest BCUT2D eigenvalue weighted by Gasteiger charge is 2.33. The summed E-state index contributed by atoms with van der Waals surface area (Å²) in [6.45, 7) is 7.05. The Balaban J connectivity index is 1.81. The molecule has 1 aliphatic carbocycles. The van der Waals surface area contributed by atoms with E-state index in [1.54, 1.807) is 0 Å². The van der Waals surface area contributed by atoms with Gasteiger partial charge >= 0.3 is 0 Å². The van der Waals surface area contributed by atoms with Crippen molar-refractivity contribution < 1.29 is 4.79 Å². The lowest BCUT2D eigenvalue weighted by atomic mass is 10.0. The number of fused-ring (bicyclic) bond motifs is 1. The molecule has 102 valence electrons. The molecule has 1 aliphatic heterocycles. The molecule has 0 radical (unpaired) electrons. The maximum absolute atomic E-state index is 12.7. The van der Waals surface area contributed by atoms with Crippen LogP contribution in [0.2, 0.25) is 0 Å². The Morgan fingerprint density at radius 2 is 2.05 bits per heavy atom. The van der Waals surface area contributed by atoms with Gasteiger partial charge in [0, 0.05) is 31.2 Å². The highest BCUT2D eigenvalue weighted by atomic mass is 16.2. The molecule has 1 amide bonds. The van der Waals surface area contributed by atoms with Crippen LogP contribution in [-0.2, 0) is 13.1 Å². The molecule has 1 aromatic carbocycles. The van der Waals surface area contributed by atoms with Gasteiger partial charge in [-0.1, -0.05) is 19.9 Å². The van der Waals surface area contributed by atoms with Crippen molar-refractivity contribution in [3.8, 4) is 0 Å². The number of nitrogens with one attached hydrogen (secondary N) is 1. The molecule has 2 aliphatic rings. The first kappa shape index (κ1) is 12.7. The van der Waals surface area contributed by atoms with Gasteiger partial charge in [-0.2, -0.15) is 0 Å². The van der Waals surface area contributed by atoms with Crippen molar-refractivity contribution in [1.82, 2.24) is 10.2 Å². The van der Waals surface area contributed by atoms with Crippen LogP contribution in [0.25, 0.3) is 0 Å². The summed E-state index contributed by atoms with van der Waals surface area (Å²) >= 11 is 0. The van der Waals surface area contributed by atoms with Gasteiger partial charge in [-0.15, -0.1) is 0 Å². The summed E-state index contributed by atoms with van der Waals surface area (Å²) in [5.74, 6) is 0.742. The monoisotopic (exact) mass is 258 g/mol. The molecule has 0 aromatic heterocycles. The second-order valence-corrected chi connectivity index (χ2v) is 6.17. The Labute approximate surface area is 115 Å². The van der Waals surface area contributed by atoms with E-state index >= 15 is 0 Å². The Morgan fingerprint density at radius 3 is 2.74 bits per heavy atom. The number of amides is 1. The summed E-state index contributed by atoms with van der Waals surface area (Å²) in [6, 6.07) is 6.65. The fraction of sp³-hybridized carbons (Fsp3) is 0.562. The molecule has 3 heteroatoms. The molecule has 0 spiro atoms. The summed E-state index contributed by atoms with van der Waals surface area (Å²) in [5.41, 5.74) is 3.47. The minimum absolute atomic E-state index is 0.214. The molecule has 3 rings (SSSR count). The molecule has 1 heterocycles. The summed E-state index contributed by atoms with van der Waals surface area (Å²) in [7, 11) is 0.